The normalized spacial score (nSPS) is 21.2. The average Bonchev–Trinajstić information content (AvgIpc) is 2.48. The van der Waals surface area contributed by atoms with Crippen molar-refractivity contribution in [3.63, 3.8) is 0 Å². The van der Waals surface area contributed by atoms with Gasteiger partial charge in [-0.15, -0.1) is 0 Å². The molecule has 0 amide bonds. The molecule has 0 heteroatoms. The highest BCUT2D eigenvalue weighted by atomic mass is 14.3. The third kappa shape index (κ3) is 1.92. The van der Waals surface area contributed by atoms with Gasteiger partial charge in [-0.05, 0) is 41.5 Å². The Morgan fingerprint density at radius 1 is 0.895 bits per heavy atom. The lowest BCUT2D eigenvalue weighted by Gasteiger charge is -2.33. The second-order valence-corrected chi connectivity index (χ2v) is 5.24. The molecule has 1 aliphatic carbocycles. The molecule has 19 heavy (non-hydrogen) atoms. The van der Waals surface area contributed by atoms with Gasteiger partial charge in [-0.1, -0.05) is 67.6 Å². The summed E-state index contributed by atoms with van der Waals surface area (Å²) in [5.41, 5.74) is 5.81. The number of benzene rings is 2. The Morgan fingerprint density at radius 3 is 2.11 bits per heavy atom. The van der Waals surface area contributed by atoms with Gasteiger partial charge < -0.3 is 0 Å². The molecule has 0 N–H and O–H groups in total. The van der Waals surface area contributed by atoms with Crippen LogP contribution < -0.4 is 0 Å². The number of allylic oxidation sites excluding steroid dienone is 2. The summed E-state index contributed by atoms with van der Waals surface area (Å²) >= 11 is 0. The molecule has 3 rings (SSSR count). The molecule has 0 aliphatic heterocycles. The summed E-state index contributed by atoms with van der Waals surface area (Å²) in [6.07, 6.45) is 5.74. The summed E-state index contributed by atoms with van der Waals surface area (Å²) in [7, 11) is 0. The van der Waals surface area contributed by atoms with Gasteiger partial charge in [-0.25, -0.2) is 0 Å². The van der Waals surface area contributed by atoms with Crippen molar-refractivity contribution in [2.24, 2.45) is 0 Å². The molecule has 0 fully saturated rings. The van der Waals surface area contributed by atoms with Gasteiger partial charge in [0.15, 0.2) is 0 Å². The van der Waals surface area contributed by atoms with E-state index in [9.17, 15) is 0 Å². The molecular weight excluding hydrogens is 228 g/mol. The molecule has 2 unspecified atom stereocenters. The monoisotopic (exact) mass is 248 g/mol. The highest BCUT2D eigenvalue weighted by Crippen LogP contribution is 2.48. The molecular formula is C19H20. The number of rotatable bonds is 2. The SMILES string of the molecule is C/C=C\C1c2ccccc2-c2ccccc2C1CC. The zero-order valence-corrected chi connectivity index (χ0v) is 11.6. The van der Waals surface area contributed by atoms with Gasteiger partial charge in [0.05, 0.1) is 0 Å². The van der Waals surface area contributed by atoms with Crippen LogP contribution in [0.4, 0.5) is 0 Å². The zero-order chi connectivity index (χ0) is 13.2. The Labute approximate surface area is 115 Å². The van der Waals surface area contributed by atoms with E-state index in [4.69, 9.17) is 0 Å². The smallest absolute Gasteiger partial charge is 0.00928 e. The van der Waals surface area contributed by atoms with Gasteiger partial charge in [0.1, 0.15) is 0 Å². The third-order valence-electron chi connectivity index (χ3n) is 4.24. The highest BCUT2D eigenvalue weighted by molar-refractivity contribution is 5.75. The summed E-state index contributed by atoms with van der Waals surface area (Å²) in [4.78, 5) is 0. The maximum atomic E-state index is 2.36. The van der Waals surface area contributed by atoms with Crippen molar-refractivity contribution in [2.75, 3.05) is 0 Å². The minimum atomic E-state index is 0.515. The predicted molar refractivity (Wildman–Crippen MR) is 82.5 cm³/mol. The second kappa shape index (κ2) is 5.05. The Bertz CT molecular complexity index is 607. The van der Waals surface area contributed by atoms with E-state index in [-0.39, 0.29) is 0 Å². The van der Waals surface area contributed by atoms with Crippen LogP contribution in [0.1, 0.15) is 43.2 Å². The van der Waals surface area contributed by atoms with Crippen molar-refractivity contribution < 1.29 is 0 Å². The van der Waals surface area contributed by atoms with E-state index >= 15 is 0 Å². The lowest BCUT2D eigenvalue weighted by molar-refractivity contribution is 0.592. The van der Waals surface area contributed by atoms with Crippen LogP contribution in [0.5, 0.6) is 0 Å². The van der Waals surface area contributed by atoms with Crippen molar-refractivity contribution in [3.8, 4) is 11.1 Å². The van der Waals surface area contributed by atoms with E-state index in [1.807, 2.05) is 0 Å². The van der Waals surface area contributed by atoms with Crippen molar-refractivity contribution in [1.82, 2.24) is 0 Å². The average molecular weight is 248 g/mol. The van der Waals surface area contributed by atoms with Crippen molar-refractivity contribution in [1.29, 1.82) is 0 Å². The Hall–Kier alpha value is -1.82. The first kappa shape index (κ1) is 12.2. The van der Waals surface area contributed by atoms with E-state index in [0.717, 1.165) is 0 Å². The first-order valence-corrected chi connectivity index (χ1v) is 7.17. The Balaban J connectivity index is 2.27. The van der Waals surface area contributed by atoms with Gasteiger partial charge in [-0.2, -0.15) is 0 Å². The molecule has 0 spiro atoms. The van der Waals surface area contributed by atoms with E-state index in [0.29, 0.717) is 11.8 Å². The minimum absolute atomic E-state index is 0.515. The molecule has 0 saturated heterocycles. The van der Waals surface area contributed by atoms with Crippen molar-refractivity contribution in [2.45, 2.75) is 32.1 Å². The molecule has 2 aromatic rings. The molecule has 96 valence electrons. The van der Waals surface area contributed by atoms with E-state index in [2.05, 4.69) is 74.5 Å². The number of hydrogen-bond acceptors (Lipinski definition) is 0. The van der Waals surface area contributed by atoms with Gasteiger partial charge in [0, 0.05) is 5.92 Å². The van der Waals surface area contributed by atoms with Crippen LogP contribution in [-0.4, -0.2) is 0 Å². The largest absolute Gasteiger partial charge is 0.0910 e. The van der Waals surface area contributed by atoms with Gasteiger partial charge in [0.25, 0.3) is 0 Å². The molecule has 0 bridgehead atoms. The van der Waals surface area contributed by atoms with E-state index in [1.165, 1.54) is 28.7 Å². The van der Waals surface area contributed by atoms with Crippen LogP contribution in [0.25, 0.3) is 11.1 Å². The van der Waals surface area contributed by atoms with Crippen LogP contribution in [0, 0.1) is 0 Å². The Kier molecular flexibility index (Phi) is 3.25. The first-order chi connectivity index (χ1) is 9.36. The maximum Gasteiger partial charge on any atom is 0.00928 e. The second-order valence-electron chi connectivity index (χ2n) is 5.24. The Morgan fingerprint density at radius 2 is 1.47 bits per heavy atom. The molecule has 0 radical (unpaired) electrons. The van der Waals surface area contributed by atoms with Gasteiger partial charge in [0.2, 0.25) is 0 Å². The standard InChI is InChI=1S/C19H20/c1-3-9-15-14(4-2)16-10-5-6-12-18(16)19-13-8-7-11-17(15)19/h3,5-15H,4H2,1-2H3/b9-3-. The fourth-order valence-corrected chi connectivity index (χ4v) is 3.43. The first-order valence-electron chi connectivity index (χ1n) is 7.17. The fraction of sp³-hybridized carbons (Fsp3) is 0.263. The van der Waals surface area contributed by atoms with Gasteiger partial charge >= 0.3 is 0 Å². The topological polar surface area (TPSA) is 0 Å². The quantitative estimate of drug-likeness (QED) is 0.614. The molecule has 0 nitrogen and oxygen atoms in total. The van der Waals surface area contributed by atoms with Gasteiger partial charge in [-0.3, -0.25) is 0 Å². The molecule has 0 saturated carbocycles. The summed E-state index contributed by atoms with van der Waals surface area (Å²) in [5, 5.41) is 0. The summed E-state index contributed by atoms with van der Waals surface area (Å²) < 4.78 is 0. The minimum Gasteiger partial charge on any atom is -0.0910 e. The predicted octanol–water partition coefficient (Wildman–Crippen LogP) is 5.52. The fourth-order valence-electron chi connectivity index (χ4n) is 3.43. The molecule has 2 aromatic carbocycles. The highest BCUT2D eigenvalue weighted by Gasteiger charge is 2.30. The van der Waals surface area contributed by atoms with Crippen LogP contribution >= 0.6 is 0 Å². The maximum absolute atomic E-state index is 2.36. The van der Waals surface area contributed by atoms with E-state index < -0.39 is 0 Å². The van der Waals surface area contributed by atoms with Crippen LogP contribution in [0.15, 0.2) is 60.7 Å². The van der Waals surface area contributed by atoms with Crippen molar-refractivity contribution >= 4 is 0 Å². The summed E-state index contributed by atoms with van der Waals surface area (Å²) in [6, 6.07) is 17.7. The third-order valence-corrected chi connectivity index (χ3v) is 4.24. The number of fused-ring (bicyclic) bond motifs is 3. The summed E-state index contributed by atoms with van der Waals surface area (Å²) in [6.45, 7) is 4.42. The molecule has 0 heterocycles. The summed E-state index contributed by atoms with van der Waals surface area (Å²) in [5.74, 6) is 1.11. The zero-order valence-electron chi connectivity index (χ0n) is 11.6. The van der Waals surface area contributed by atoms with Crippen molar-refractivity contribution in [3.05, 3.63) is 71.8 Å². The number of hydrogen-bond donors (Lipinski definition) is 0. The van der Waals surface area contributed by atoms with E-state index in [1.54, 1.807) is 0 Å². The van der Waals surface area contributed by atoms with Crippen LogP contribution in [-0.2, 0) is 0 Å². The van der Waals surface area contributed by atoms with Crippen LogP contribution in [0.3, 0.4) is 0 Å². The molecule has 2 atom stereocenters. The lowest BCUT2D eigenvalue weighted by Crippen LogP contribution is -2.15. The lowest BCUT2D eigenvalue weighted by atomic mass is 9.70. The molecule has 1 aliphatic rings. The van der Waals surface area contributed by atoms with Crippen LogP contribution in [0.2, 0.25) is 0 Å². The molecule has 0 aromatic heterocycles.